The van der Waals surface area contributed by atoms with Gasteiger partial charge >= 0.3 is 0 Å². The minimum atomic E-state index is -0.550. The molecule has 4 heterocycles. The highest BCUT2D eigenvalue weighted by Crippen LogP contribution is 2.39. The van der Waals surface area contributed by atoms with E-state index in [0.29, 0.717) is 24.1 Å². The van der Waals surface area contributed by atoms with Crippen LogP contribution in [0.4, 0.5) is 15.8 Å². The van der Waals surface area contributed by atoms with Gasteiger partial charge in [0.1, 0.15) is 22.4 Å². The molecule has 10 heteroatoms. The first-order chi connectivity index (χ1) is 20.4. The van der Waals surface area contributed by atoms with E-state index in [1.807, 2.05) is 28.9 Å². The number of anilines is 1. The summed E-state index contributed by atoms with van der Waals surface area (Å²) in [5, 5.41) is 17.9. The smallest absolute Gasteiger partial charge is 0.150 e. The zero-order valence-electron chi connectivity index (χ0n) is 23.4. The lowest BCUT2D eigenvalue weighted by atomic mass is 9.96. The molecule has 0 saturated carbocycles. The topological polar surface area (TPSA) is 77.9 Å². The highest BCUT2D eigenvalue weighted by molar-refractivity contribution is 6.70. The number of aromatic nitrogens is 2. The molecule has 2 aromatic carbocycles. The number of para-hydroxylation sites is 1. The Kier molecular flexibility index (Phi) is 8.09. The van der Waals surface area contributed by atoms with Gasteiger partial charge in [-0.05, 0) is 74.1 Å². The van der Waals surface area contributed by atoms with E-state index in [9.17, 15) is 4.39 Å². The van der Waals surface area contributed by atoms with E-state index in [2.05, 4.69) is 39.4 Å². The van der Waals surface area contributed by atoms with Gasteiger partial charge in [0.05, 0.1) is 41.2 Å². The summed E-state index contributed by atoms with van der Waals surface area (Å²) in [5.41, 5.74) is 5.33. The third-order valence-corrected chi connectivity index (χ3v) is 9.06. The van der Waals surface area contributed by atoms with E-state index in [1.54, 1.807) is 19.4 Å². The molecule has 0 amide bonds. The van der Waals surface area contributed by atoms with Crippen molar-refractivity contribution >= 4 is 45.3 Å². The predicted molar refractivity (Wildman–Crippen MR) is 166 cm³/mol. The molecule has 7 nitrogen and oxygen atoms in total. The van der Waals surface area contributed by atoms with Gasteiger partial charge in [0.15, 0.2) is 0 Å². The van der Waals surface area contributed by atoms with Gasteiger partial charge in [0.2, 0.25) is 0 Å². The Morgan fingerprint density at radius 3 is 2.69 bits per heavy atom. The second-order valence-electron chi connectivity index (χ2n) is 11.0. The van der Waals surface area contributed by atoms with Crippen molar-refractivity contribution in [1.82, 2.24) is 14.5 Å². The quantitative estimate of drug-likeness (QED) is 0.208. The molecule has 2 saturated heterocycles. The molecule has 216 valence electrons. The fraction of sp³-hybridized carbons (Fsp3) is 0.344. The number of nitrogens with one attached hydrogen (secondary N) is 1. The Labute approximate surface area is 254 Å². The van der Waals surface area contributed by atoms with Crippen LogP contribution in [-0.4, -0.2) is 51.5 Å². The fourth-order valence-electron chi connectivity index (χ4n) is 6.49. The van der Waals surface area contributed by atoms with Crippen molar-refractivity contribution in [1.29, 1.82) is 5.26 Å². The van der Waals surface area contributed by atoms with Gasteiger partial charge in [-0.2, -0.15) is 10.4 Å². The third kappa shape index (κ3) is 5.45. The molecular weight excluding hydrogens is 574 g/mol. The number of ether oxygens (including phenoxy) is 1. The number of nitrogens with zero attached hydrogens (tertiary/aromatic N) is 5. The number of hydrogen-bond acceptors (Lipinski definition) is 6. The number of benzene rings is 2. The molecule has 2 aromatic heterocycles. The first kappa shape index (κ1) is 28.5. The van der Waals surface area contributed by atoms with Crippen LogP contribution in [0.5, 0.6) is 5.75 Å². The summed E-state index contributed by atoms with van der Waals surface area (Å²) < 4.78 is 21.9. The largest absolute Gasteiger partial charge is 0.497 e. The van der Waals surface area contributed by atoms with Gasteiger partial charge in [-0.25, -0.2) is 13.9 Å². The van der Waals surface area contributed by atoms with Gasteiger partial charge < -0.3 is 10.1 Å². The molecule has 0 radical (unpaired) electrons. The van der Waals surface area contributed by atoms with Crippen LogP contribution in [0.25, 0.3) is 16.6 Å². The maximum Gasteiger partial charge on any atom is 0.150 e. The number of aryl methyl sites for hydroxylation is 1. The van der Waals surface area contributed by atoms with E-state index in [4.69, 9.17) is 33.2 Å². The Bertz CT molecular complexity index is 1680. The van der Waals surface area contributed by atoms with Gasteiger partial charge in [-0.3, -0.25) is 4.90 Å². The average molecular weight is 606 g/mol. The Balaban J connectivity index is 1.42. The number of halogens is 3. The third-order valence-electron chi connectivity index (χ3n) is 8.47. The minimum Gasteiger partial charge on any atom is -0.497 e. The summed E-state index contributed by atoms with van der Waals surface area (Å²) in [5.74, 6) is 0.249. The highest BCUT2D eigenvalue weighted by Gasteiger charge is 2.40. The number of hydrogen-bond donors (Lipinski definition) is 1. The van der Waals surface area contributed by atoms with Gasteiger partial charge in [0.25, 0.3) is 0 Å². The van der Waals surface area contributed by atoms with Crippen LogP contribution in [-0.2, 0) is 0 Å². The second kappa shape index (κ2) is 11.9. The normalized spacial score (nSPS) is 20.6. The summed E-state index contributed by atoms with van der Waals surface area (Å²) in [6, 6.07) is 15.8. The number of rotatable bonds is 8. The number of methoxy groups -OCH3 is 1. The molecule has 0 aliphatic carbocycles. The number of aliphatic imine (C=N–C) groups is 1. The lowest BCUT2D eigenvalue weighted by molar-refractivity contribution is 0.136. The summed E-state index contributed by atoms with van der Waals surface area (Å²) >= 11 is 13.1. The van der Waals surface area contributed by atoms with Crippen LogP contribution in [0.3, 0.4) is 0 Å². The molecule has 1 unspecified atom stereocenters. The monoisotopic (exact) mass is 604 g/mol. The van der Waals surface area contributed by atoms with Crippen LogP contribution in [0, 0.1) is 24.1 Å². The lowest BCUT2D eigenvalue weighted by Gasteiger charge is -2.39. The van der Waals surface area contributed by atoms with Crippen LogP contribution >= 0.6 is 23.2 Å². The molecule has 3 atom stereocenters. The Morgan fingerprint density at radius 2 is 2.00 bits per heavy atom. The average Bonchev–Trinajstić information content (AvgIpc) is 3.51. The molecule has 42 heavy (non-hydrogen) atoms. The van der Waals surface area contributed by atoms with Crippen molar-refractivity contribution in [2.75, 3.05) is 19.0 Å². The minimum absolute atomic E-state index is 0.0104. The number of piperidine rings is 1. The summed E-state index contributed by atoms with van der Waals surface area (Å²) in [6.45, 7) is 2.87. The van der Waals surface area contributed by atoms with Crippen molar-refractivity contribution in [3.8, 4) is 22.9 Å². The Morgan fingerprint density at radius 1 is 1.21 bits per heavy atom. The maximum atomic E-state index is 14.6. The summed E-state index contributed by atoms with van der Waals surface area (Å²) in [4.78, 5) is 6.91. The fourth-order valence-corrected chi connectivity index (χ4v) is 6.93. The van der Waals surface area contributed by atoms with Gasteiger partial charge in [0, 0.05) is 42.9 Å². The highest BCUT2D eigenvalue weighted by atomic mass is 35.5. The molecule has 4 aromatic rings. The van der Waals surface area contributed by atoms with E-state index in [-0.39, 0.29) is 21.9 Å². The van der Waals surface area contributed by atoms with Crippen LogP contribution in [0.15, 0.2) is 59.9 Å². The number of nitriles is 1. The Hall–Kier alpha value is -3.64. The zero-order valence-corrected chi connectivity index (χ0v) is 25.0. The second-order valence-corrected chi connectivity index (χ2v) is 11.8. The molecule has 1 N–H and O–H groups in total. The predicted octanol–water partition coefficient (Wildman–Crippen LogP) is 7.75. The SMILES string of the molecule is COc1ccc(-c2cc3c(NC4C[C@H]5CC[C@@H](C4)N5CCC#N)c(C(Cl)=Nc4c(F)cccc4Cl)cnn3c2)c(C)c1. The molecule has 2 aliphatic heterocycles. The lowest BCUT2D eigenvalue weighted by Crippen LogP contribution is -2.47. The maximum absolute atomic E-state index is 14.6. The summed E-state index contributed by atoms with van der Waals surface area (Å²) in [6.07, 6.45) is 8.37. The van der Waals surface area contributed by atoms with E-state index in [1.165, 1.54) is 12.1 Å². The molecular formula is C32H31Cl2FN6O. The van der Waals surface area contributed by atoms with E-state index in [0.717, 1.165) is 65.9 Å². The van der Waals surface area contributed by atoms with E-state index < -0.39 is 5.82 Å². The van der Waals surface area contributed by atoms with Gasteiger partial charge in [-0.15, -0.1) is 0 Å². The van der Waals surface area contributed by atoms with E-state index >= 15 is 0 Å². The molecule has 2 fully saturated rings. The van der Waals surface area contributed by atoms with Crippen LogP contribution < -0.4 is 10.1 Å². The van der Waals surface area contributed by atoms with Crippen molar-refractivity contribution in [3.05, 3.63) is 76.8 Å². The van der Waals surface area contributed by atoms with Crippen molar-refractivity contribution in [2.45, 2.75) is 57.2 Å². The molecule has 2 aliphatic rings. The summed E-state index contributed by atoms with van der Waals surface area (Å²) in [7, 11) is 1.66. The zero-order chi connectivity index (χ0) is 29.4. The first-order valence-corrected chi connectivity index (χ1v) is 14.9. The molecule has 0 spiro atoms. The van der Waals surface area contributed by atoms with Crippen LogP contribution in [0.1, 0.15) is 43.2 Å². The molecule has 6 rings (SSSR count). The van der Waals surface area contributed by atoms with Gasteiger partial charge in [-0.1, -0.05) is 35.3 Å². The van der Waals surface area contributed by atoms with Crippen molar-refractivity contribution in [2.24, 2.45) is 4.99 Å². The van der Waals surface area contributed by atoms with Crippen molar-refractivity contribution in [3.63, 3.8) is 0 Å². The molecule has 2 bridgehead atoms. The van der Waals surface area contributed by atoms with Crippen molar-refractivity contribution < 1.29 is 9.13 Å². The number of fused-ring (bicyclic) bond motifs is 3. The first-order valence-electron chi connectivity index (χ1n) is 14.1. The van der Waals surface area contributed by atoms with Crippen LogP contribution in [0.2, 0.25) is 5.02 Å². The standard InChI is InChI=1S/C32H31Cl2FN6O/c1-19-13-24(42-2)9-10-25(19)20-14-29-30(38-21-15-22-7-8-23(16-21)40(22)12-4-11-36)26(17-37-41(29)18-20)32(34)39-31-27(33)5-3-6-28(31)35/h3,5-6,9-10,13-14,17-18,21-23,38H,4,7-8,12,15-16H2,1-2H3/t21?,22-,23+.